The molecule has 0 aromatic heterocycles. The molecule has 0 aromatic carbocycles. The second-order valence-corrected chi connectivity index (χ2v) is 8.79. The summed E-state index contributed by atoms with van der Waals surface area (Å²) in [7, 11) is 0. The Bertz CT molecular complexity index is 525. The summed E-state index contributed by atoms with van der Waals surface area (Å²) in [6, 6.07) is 1.03. The zero-order chi connectivity index (χ0) is 19.3. The first kappa shape index (κ1) is 23.9. The van der Waals surface area contributed by atoms with Gasteiger partial charge < -0.3 is 15.4 Å². The molecule has 2 unspecified atom stereocenters. The van der Waals surface area contributed by atoms with E-state index in [1.54, 1.807) is 0 Å². The largest absolute Gasteiger partial charge is 0.378 e. The molecule has 162 valence electrons. The predicted octanol–water partition coefficient (Wildman–Crippen LogP) is 3.94. The van der Waals surface area contributed by atoms with E-state index in [1.807, 2.05) is 0 Å². The third kappa shape index (κ3) is 5.63. The fourth-order valence-electron chi connectivity index (χ4n) is 5.36. The van der Waals surface area contributed by atoms with E-state index in [9.17, 15) is 0 Å². The zero-order valence-corrected chi connectivity index (χ0v) is 20.5. The Morgan fingerprint density at radius 1 is 1.18 bits per heavy atom. The number of aliphatic imine (C=N–C) groups is 1. The highest BCUT2D eigenvalue weighted by atomic mass is 127. The van der Waals surface area contributed by atoms with Gasteiger partial charge in [-0.15, -0.1) is 24.0 Å². The van der Waals surface area contributed by atoms with Crippen LogP contribution in [0.4, 0.5) is 0 Å². The molecule has 2 saturated carbocycles. The number of rotatable bonds is 7. The third-order valence-electron chi connectivity index (χ3n) is 6.74. The Kier molecular flexibility index (Phi) is 9.54. The molecule has 28 heavy (non-hydrogen) atoms. The maximum atomic E-state index is 6.07. The number of guanidine groups is 1. The number of piperidine rings is 1. The molecule has 1 heterocycles. The van der Waals surface area contributed by atoms with E-state index in [2.05, 4.69) is 42.9 Å². The number of ether oxygens (including phenoxy) is 1. The maximum absolute atomic E-state index is 6.07. The lowest BCUT2D eigenvalue weighted by atomic mass is 9.60. The first-order valence-corrected chi connectivity index (χ1v) is 11.1. The minimum atomic E-state index is 0. The van der Waals surface area contributed by atoms with Gasteiger partial charge in [-0.1, -0.05) is 25.0 Å². The summed E-state index contributed by atoms with van der Waals surface area (Å²) in [5, 5.41) is 7.53. The predicted molar refractivity (Wildman–Crippen MR) is 129 cm³/mol. The Morgan fingerprint density at radius 3 is 2.43 bits per heavy atom. The maximum Gasteiger partial charge on any atom is 0.191 e. The van der Waals surface area contributed by atoms with Crippen molar-refractivity contribution in [1.82, 2.24) is 15.5 Å². The first-order chi connectivity index (χ1) is 13.1. The van der Waals surface area contributed by atoms with Crippen LogP contribution in [0.1, 0.15) is 65.7 Å². The van der Waals surface area contributed by atoms with Crippen LogP contribution >= 0.6 is 24.0 Å². The lowest BCUT2D eigenvalue weighted by Crippen LogP contribution is -2.65. The molecule has 3 fully saturated rings. The van der Waals surface area contributed by atoms with E-state index in [0.29, 0.717) is 23.6 Å². The Morgan fingerprint density at radius 2 is 1.86 bits per heavy atom. The van der Waals surface area contributed by atoms with Crippen molar-refractivity contribution in [3.8, 4) is 0 Å². The van der Waals surface area contributed by atoms with E-state index in [-0.39, 0.29) is 24.0 Å². The zero-order valence-electron chi connectivity index (χ0n) is 18.1. The molecule has 1 saturated heterocycles. The number of halogens is 1. The van der Waals surface area contributed by atoms with E-state index >= 15 is 0 Å². The van der Waals surface area contributed by atoms with Crippen LogP contribution in [0.2, 0.25) is 0 Å². The average Bonchev–Trinajstić information content (AvgIpc) is 3.15. The molecule has 2 aliphatic carbocycles. The van der Waals surface area contributed by atoms with Crippen molar-refractivity contribution in [3.63, 3.8) is 0 Å². The lowest BCUT2D eigenvalue weighted by Gasteiger charge is -2.54. The van der Waals surface area contributed by atoms with Gasteiger partial charge in [0.2, 0.25) is 0 Å². The number of nitrogens with zero attached hydrogens (tertiary/aromatic N) is 2. The molecular formula is C22H41IN4O. The van der Waals surface area contributed by atoms with Crippen molar-refractivity contribution in [2.75, 3.05) is 32.8 Å². The van der Waals surface area contributed by atoms with Gasteiger partial charge in [-0.2, -0.15) is 0 Å². The molecule has 1 aliphatic heterocycles. The molecule has 0 aromatic rings. The van der Waals surface area contributed by atoms with Crippen LogP contribution in [0.3, 0.4) is 0 Å². The van der Waals surface area contributed by atoms with Crippen LogP contribution in [0.5, 0.6) is 0 Å². The van der Waals surface area contributed by atoms with E-state index < -0.39 is 0 Å². The minimum Gasteiger partial charge on any atom is -0.378 e. The first-order valence-electron chi connectivity index (χ1n) is 11.1. The van der Waals surface area contributed by atoms with E-state index in [1.165, 1.54) is 44.1 Å². The van der Waals surface area contributed by atoms with Gasteiger partial charge in [0.15, 0.2) is 5.96 Å². The smallest absolute Gasteiger partial charge is 0.191 e. The number of hydrogen-bond donors (Lipinski definition) is 2. The quantitative estimate of drug-likeness (QED) is 0.239. The fraction of sp³-hybridized carbons (Fsp3) is 0.864. The number of likely N-dealkylation sites (tertiary alicyclic amines) is 1. The van der Waals surface area contributed by atoms with Gasteiger partial charge >= 0.3 is 0 Å². The van der Waals surface area contributed by atoms with Crippen LogP contribution in [-0.4, -0.2) is 61.8 Å². The van der Waals surface area contributed by atoms with Gasteiger partial charge in [0.1, 0.15) is 0 Å². The summed E-state index contributed by atoms with van der Waals surface area (Å²) in [6.07, 6.45) is 9.20. The fourth-order valence-corrected chi connectivity index (χ4v) is 5.36. The van der Waals surface area contributed by atoms with Gasteiger partial charge in [0, 0.05) is 50.3 Å². The van der Waals surface area contributed by atoms with Crippen LogP contribution in [0.15, 0.2) is 17.1 Å². The van der Waals surface area contributed by atoms with Crippen molar-refractivity contribution in [2.24, 2.45) is 10.4 Å². The molecule has 3 rings (SSSR count). The van der Waals surface area contributed by atoms with E-state index in [0.717, 1.165) is 45.2 Å². The molecule has 1 spiro atoms. The second kappa shape index (κ2) is 11.2. The van der Waals surface area contributed by atoms with Gasteiger partial charge in [-0.05, 0) is 52.9 Å². The summed E-state index contributed by atoms with van der Waals surface area (Å²) in [4.78, 5) is 7.27. The van der Waals surface area contributed by atoms with Crippen molar-refractivity contribution in [1.29, 1.82) is 0 Å². The monoisotopic (exact) mass is 504 g/mol. The Hall–Kier alpha value is -0.340. The molecule has 2 atom stereocenters. The molecule has 0 amide bonds. The van der Waals surface area contributed by atoms with Crippen molar-refractivity contribution < 1.29 is 4.74 Å². The second-order valence-electron chi connectivity index (χ2n) is 8.79. The topological polar surface area (TPSA) is 48.9 Å². The van der Waals surface area contributed by atoms with Crippen LogP contribution in [0.25, 0.3) is 0 Å². The van der Waals surface area contributed by atoms with Crippen LogP contribution in [-0.2, 0) is 4.74 Å². The van der Waals surface area contributed by atoms with Crippen LogP contribution < -0.4 is 10.6 Å². The van der Waals surface area contributed by atoms with Gasteiger partial charge in [0.05, 0.1) is 6.10 Å². The SMILES string of the molecule is C=C(C)CN1CCC(NC(=NCC)NC2CC(OCC)C23CCCC3)CC1.I. The standard InChI is InChI=1S/C22H40N4O.HI/c1-5-23-21(24-18-9-13-26(14-10-18)16-17(3)4)25-19-15-20(27-6-2)22(19)11-7-8-12-22;/h18-20H,3,5-16H2,1-2,4H3,(H2,23,24,25);1H. The van der Waals surface area contributed by atoms with Crippen molar-refractivity contribution in [2.45, 2.75) is 83.9 Å². The summed E-state index contributed by atoms with van der Waals surface area (Å²) in [6.45, 7) is 15.4. The summed E-state index contributed by atoms with van der Waals surface area (Å²) in [5.41, 5.74) is 1.60. The molecule has 0 radical (unpaired) electrons. The van der Waals surface area contributed by atoms with Crippen LogP contribution in [0, 0.1) is 5.41 Å². The van der Waals surface area contributed by atoms with Crippen molar-refractivity contribution >= 4 is 29.9 Å². The Labute approximate surface area is 189 Å². The summed E-state index contributed by atoms with van der Waals surface area (Å²) < 4.78 is 6.07. The molecule has 6 heteroatoms. The lowest BCUT2D eigenvalue weighted by molar-refractivity contribution is -0.125. The minimum absolute atomic E-state index is 0. The molecular weight excluding hydrogens is 463 g/mol. The normalized spacial score (nSPS) is 27.9. The molecule has 5 nitrogen and oxygen atoms in total. The number of hydrogen-bond acceptors (Lipinski definition) is 3. The number of nitrogens with one attached hydrogen (secondary N) is 2. The van der Waals surface area contributed by atoms with Gasteiger partial charge in [-0.3, -0.25) is 9.89 Å². The average molecular weight is 505 g/mol. The van der Waals surface area contributed by atoms with Gasteiger partial charge in [0.25, 0.3) is 0 Å². The highest BCUT2D eigenvalue weighted by Gasteiger charge is 2.57. The molecule has 0 bridgehead atoms. The highest BCUT2D eigenvalue weighted by Crippen LogP contribution is 2.54. The highest BCUT2D eigenvalue weighted by molar-refractivity contribution is 14.0. The van der Waals surface area contributed by atoms with E-state index in [4.69, 9.17) is 9.73 Å². The van der Waals surface area contributed by atoms with Gasteiger partial charge in [-0.25, -0.2) is 0 Å². The Balaban J connectivity index is 0.00000280. The summed E-state index contributed by atoms with van der Waals surface area (Å²) in [5.74, 6) is 1.02. The summed E-state index contributed by atoms with van der Waals surface area (Å²) >= 11 is 0. The molecule has 2 N–H and O–H groups in total. The molecule has 3 aliphatic rings. The van der Waals surface area contributed by atoms with Crippen molar-refractivity contribution in [3.05, 3.63) is 12.2 Å². The third-order valence-corrected chi connectivity index (χ3v) is 6.74.